The maximum atomic E-state index is 13.3. The van der Waals surface area contributed by atoms with Crippen LogP contribution in [0.2, 0.25) is 0 Å². The van der Waals surface area contributed by atoms with Crippen LogP contribution in [0.25, 0.3) is 0 Å². The minimum absolute atomic E-state index is 0.0495. The molecule has 22 heavy (non-hydrogen) atoms. The lowest BCUT2D eigenvalue weighted by molar-refractivity contribution is -0.154. The van der Waals surface area contributed by atoms with Gasteiger partial charge in [0.25, 0.3) is 0 Å². The Morgan fingerprint density at radius 2 is 2.23 bits per heavy atom. The normalized spacial score (nSPS) is 17.7. The zero-order valence-electron chi connectivity index (χ0n) is 12.5. The maximum Gasteiger partial charge on any atom is 0.334 e. The summed E-state index contributed by atoms with van der Waals surface area (Å²) in [6.45, 7) is 2.09. The molecule has 1 aliphatic rings. The number of hydrogen-bond donors (Lipinski definition) is 1. The Morgan fingerprint density at radius 3 is 2.82 bits per heavy atom. The molecule has 1 aromatic rings. The topological polar surface area (TPSA) is 73.6 Å². The Morgan fingerprint density at radius 1 is 1.55 bits per heavy atom. The first-order valence-corrected chi connectivity index (χ1v) is 7.22. The van der Waals surface area contributed by atoms with E-state index in [4.69, 9.17) is 5.26 Å². The molecule has 0 radical (unpaired) electrons. The number of benzene rings is 1. The number of aliphatic hydroxyl groups is 1. The molecule has 0 amide bonds. The quantitative estimate of drug-likeness (QED) is 0.852. The van der Waals surface area contributed by atoms with E-state index in [1.165, 1.54) is 13.2 Å². The summed E-state index contributed by atoms with van der Waals surface area (Å²) < 4.78 is 17.8. The van der Waals surface area contributed by atoms with E-state index in [0.717, 1.165) is 18.7 Å². The molecule has 5 nitrogen and oxygen atoms in total. The van der Waals surface area contributed by atoms with Gasteiger partial charge in [0.15, 0.2) is 6.10 Å². The molecule has 1 N–H and O–H groups in total. The summed E-state index contributed by atoms with van der Waals surface area (Å²) in [4.78, 5) is 13.5. The maximum absolute atomic E-state index is 13.3. The summed E-state index contributed by atoms with van der Waals surface area (Å²) in [7, 11) is 1.27. The Labute approximate surface area is 128 Å². The van der Waals surface area contributed by atoms with Gasteiger partial charge in [-0.3, -0.25) is 4.90 Å². The summed E-state index contributed by atoms with van der Waals surface area (Å²) in [6.07, 6.45) is 0.327. The molecule has 0 bridgehead atoms. The second-order valence-corrected chi connectivity index (χ2v) is 5.51. The van der Waals surface area contributed by atoms with Crippen molar-refractivity contribution in [2.45, 2.75) is 25.5 Å². The molecule has 1 fully saturated rings. The Bertz CT molecular complexity index is 577. The molecule has 2 rings (SSSR count). The fraction of sp³-hybridized carbons (Fsp3) is 0.500. The molecule has 1 unspecified atom stereocenters. The lowest BCUT2D eigenvalue weighted by Gasteiger charge is -2.33. The predicted octanol–water partition coefficient (Wildman–Crippen LogP) is 1.44. The van der Waals surface area contributed by atoms with Crippen LogP contribution in [0.15, 0.2) is 18.2 Å². The highest BCUT2D eigenvalue weighted by Crippen LogP contribution is 2.23. The highest BCUT2D eigenvalue weighted by Gasteiger charge is 2.30. The average molecular weight is 306 g/mol. The molecule has 0 aromatic heterocycles. The van der Waals surface area contributed by atoms with Gasteiger partial charge < -0.3 is 9.84 Å². The van der Waals surface area contributed by atoms with Gasteiger partial charge in [-0.2, -0.15) is 5.26 Å². The van der Waals surface area contributed by atoms with E-state index in [-0.39, 0.29) is 11.5 Å². The third kappa shape index (κ3) is 3.81. The van der Waals surface area contributed by atoms with Crippen molar-refractivity contribution in [3.63, 3.8) is 0 Å². The SMILES string of the molecule is COC(=O)C(O)C1CCN(Cc2ccc(F)c(C#N)c2)CC1. The number of likely N-dealkylation sites (tertiary alicyclic amines) is 1. The second kappa shape index (κ2) is 7.34. The lowest BCUT2D eigenvalue weighted by atomic mass is 9.91. The number of methoxy groups -OCH3 is 1. The minimum atomic E-state index is -1.07. The first-order chi connectivity index (χ1) is 10.5. The standard InChI is InChI=1S/C16H19FN2O3/c1-22-16(21)15(20)12-4-6-19(7-5-12)10-11-2-3-14(17)13(8-11)9-18/h2-3,8,12,15,20H,4-7,10H2,1H3. The molecule has 1 aliphatic heterocycles. The minimum Gasteiger partial charge on any atom is -0.467 e. The van der Waals surface area contributed by atoms with Gasteiger partial charge in [0.2, 0.25) is 0 Å². The van der Waals surface area contributed by atoms with Crippen LogP contribution < -0.4 is 0 Å². The number of ether oxygens (including phenoxy) is 1. The van der Waals surface area contributed by atoms with Crippen molar-refractivity contribution in [2.75, 3.05) is 20.2 Å². The summed E-state index contributed by atoms with van der Waals surface area (Å²) in [5.41, 5.74) is 0.929. The highest BCUT2D eigenvalue weighted by atomic mass is 19.1. The van der Waals surface area contributed by atoms with E-state index in [9.17, 15) is 14.3 Å². The first kappa shape index (κ1) is 16.4. The monoisotopic (exact) mass is 306 g/mol. The molecule has 0 aliphatic carbocycles. The van der Waals surface area contributed by atoms with Crippen LogP contribution in [-0.2, 0) is 16.1 Å². The number of nitriles is 1. The fourth-order valence-electron chi connectivity index (χ4n) is 2.75. The van der Waals surface area contributed by atoms with Gasteiger partial charge in [-0.1, -0.05) is 6.07 Å². The molecule has 6 heteroatoms. The van der Waals surface area contributed by atoms with E-state index >= 15 is 0 Å². The molecule has 1 atom stereocenters. The van der Waals surface area contributed by atoms with Crippen LogP contribution in [0.1, 0.15) is 24.0 Å². The number of piperidine rings is 1. The van der Waals surface area contributed by atoms with Gasteiger partial charge in [-0.05, 0) is 49.5 Å². The Balaban J connectivity index is 1.90. The van der Waals surface area contributed by atoms with Gasteiger partial charge in [0, 0.05) is 6.54 Å². The molecule has 1 aromatic carbocycles. The Hall–Kier alpha value is -1.97. The van der Waals surface area contributed by atoms with E-state index in [1.807, 2.05) is 6.07 Å². The van der Waals surface area contributed by atoms with Crippen LogP contribution in [0.4, 0.5) is 4.39 Å². The predicted molar refractivity (Wildman–Crippen MR) is 77.1 cm³/mol. The van der Waals surface area contributed by atoms with E-state index < -0.39 is 17.9 Å². The number of aliphatic hydroxyl groups excluding tert-OH is 1. The largest absolute Gasteiger partial charge is 0.467 e. The Kier molecular flexibility index (Phi) is 5.47. The molecule has 118 valence electrons. The smallest absolute Gasteiger partial charge is 0.334 e. The summed E-state index contributed by atoms with van der Waals surface area (Å²) >= 11 is 0. The third-order valence-corrected chi connectivity index (χ3v) is 4.08. The van der Waals surface area contributed by atoms with E-state index in [0.29, 0.717) is 19.4 Å². The van der Waals surface area contributed by atoms with Gasteiger partial charge in [-0.25, -0.2) is 9.18 Å². The molecular weight excluding hydrogens is 287 g/mol. The first-order valence-electron chi connectivity index (χ1n) is 7.22. The van der Waals surface area contributed by atoms with Crippen molar-refractivity contribution in [3.8, 4) is 6.07 Å². The number of halogens is 1. The van der Waals surface area contributed by atoms with Crippen molar-refractivity contribution in [2.24, 2.45) is 5.92 Å². The number of hydrogen-bond acceptors (Lipinski definition) is 5. The molecular formula is C16H19FN2O3. The van der Waals surface area contributed by atoms with E-state index in [1.54, 1.807) is 12.1 Å². The molecule has 1 saturated heterocycles. The number of carbonyl (C=O) groups excluding carboxylic acids is 1. The summed E-state index contributed by atoms with van der Waals surface area (Å²) in [5.74, 6) is -1.19. The van der Waals surface area contributed by atoms with Gasteiger partial charge in [-0.15, -0.1) is 0 Å². The van der Waals surface area contributed by atoms with Crippen molar-refractivity contribution in [1.82, 2.24) is 4.90 Å². The lowest BCUT2D eigenvalue weighted by Crippen LogP contribution is -2.40. The van der Waals surface area contributed by atoms with Crippen molar-refractivity contribution in [1.29, 1.82) is 5.26 Å². The van der Waals surface area contributed by atoms with Crippen LogP contribution in [0.5, 0.6) is 0 Å². The number of carbonyl (C=O) groups is 1. The molecule has 0 saturated carbocycles. The average Bonchev–Trinajstić information content (AvgIpc) is 2.55. The summed E-state index contributed by atoms with van der Waals surface area (Å²) in [5, 5.41) is 18.7. The van der Waals surface area contributed by atoms with Crippen molar-refractivity contribution >= 4 is 5.97 Å². The van der Waals surface area contributed by atoms with Crippen LogP contribution in [0, 0.1) is 23.1 Å². The highest BCUT2D eigenvalue weighted by molar-refractivity contribution is 5.74. The number of esters is 1. The number of nitrogens with zero attached hydrogens (tertiary/aromatic N) is 2. The summed E-state index contributed by atoms with van der Waals surface area (Å²) in [6, 6.07) is 6.38. The van der Waals surface area contributed by atoms with Crippen molar-refractivity contribution in [3.05, 3.63) is 35.1 Å². The van der Waals surface area contributed by atoms with Crippen LogP contribution in [0.3, 0.4) is 0 Å². The number of rotatable bonds is 4. The molecule has 1 heterocycles. The molecule has 0 spiro atoms. The van der Waals surface area contributed by atoms with Gasteiger partial charge in [0.1, 0.15) is 11.9 Å². The fourth-order valence-corrected chi connectivity index (χ4v) is 2.75. The zero-order valence-corrected chi connectivity index (χ0v) is 12.5. The van der Waals surface area contributed by atoms with E-state index in [2.05, 4.69) is 9.64 Å². The van der Waals surface area contributed by atoms with Crippen LogP contribution >= 0.6 is 0 Å². The van der Waals surface area contributed by atoms with Crippen molar-refractivity contribution < 1.29 is 19.0 Å². The second-order valence-electron chi connectivity index (χ2n) is 5.51. The van der Waals surface area contributed by atoms with Gasteiger partial charge in [0.05, 0.1) is 12.7 Å². The third-order valence-electron chi connectivity index (χ3n) is 4.08. The zero-order chi connectivity index (χ0) is 16.1. The van der Waals surface area contributed by atoms with Crippen LogP contribution in [-0.4, -0.2) is 42.3 Å². The van der Waals surface area contributed by atoms with Gasteiger partial charge >= 0.3 is 5.97 Å².